The number of anilines is 1. The second kappa shape index (κ2) is 8.01. The Bertz CT molecular complexity index is 1080. The number of carbonyl (C=O) groups is 1. The van der Waals surface area contributed by atoms with E-state index in [4.69, 9.17) is 0 Å². The SMILES string of the molecule is Cc1sc(=O)n(CCC(=O)Nc2nc(-c3ccc4c(c3)CCCC4)cs2)c1C. The maximum atomic E-state index is 12.3. The van der Waals surface area contributed by atoms with Crippen LogP contribution in [0.4, 0.5) is 5.13 Å². The standard InChI is InChI=1S/C21H23N3O2S2/c1-13-14(2)28-21(26)24(13)10-9-19(25)23-20-22-18(12-27-20)17-8-7-15-5-3-4-6-16(15)11-17/h7-8,11-12H,3-6,9-10H2,1-2H3,(H,22,23,25). The van der Waals surface area contributed by atoms with Crippen LogP contribution in [0.2, 0.25) is 0 Å². The van der Waals surface area contributed by atoms with Crippen LogP contribution in [0.5, 0.6) is 0 Å². The van der Waals surface area contributed by atoms with Crippen LogP contribution in [-0.2, 0) is 24.2 Å². The van der Waals surface area contributed by atoms with E-state index in [9.17, 15) is 9.59 Å². The van der Waals surface area contributed by atoms with E-state index in [0.717, 1.165) is 28.2 Å². The number of amides is 1. The molecule has 7 heteroatoms. The lowest BCUT2D eigenvalue weighted by Crippen LogP contribution is -2.20. The first kappa shape index (κ1) is 19.1. The zero-order valence-electron chi connectivity index (χ0n) is 16.1. The van der Waals surface area contributed by atoms with Gasteiger partial charge in [-0.2, -0.15) is 0 Å². The van der Waals surface area contributed by atoms with Crippen LogP contribution in [0.25, 0.3) is 11.3 Å². The third-order valence-corrected chi connectivity index (χ3v) is 7.09. The predicted octanol–water partition coefficient (Wildman–Crippen LogP) is 4.56. The van der Waals surface area contributed by atoms with Gasteiger partial charge in [0.25, 0.3) is 0 Å². The number of fused-ring (bicyclic) bond motifs is 1. The van der Waals surface area contributed by atoms with Crippen LogP contribution in [0.3, 0.4) is 0 Å². The van der Waals surface area contributed by atoms with Crippen LogP contribution < -0.4 is 10.2 Å². The Hall–Kier alpha value is -2.25. The molecule has 4 rings (SSSR count). The Balaban J connectivity index is 1.40. The molecule has 0 aliphatic heterocycles. The van der Waals surface area contributed by atoms with Gasteiger partial charge in [-0.1, -0.05) is 23.5 Å². The molecule has 2 heterocycles. The van der Waals surface area contributed by atoms with Gasteiger partial charge in [-0.25, -0.2) is 4.98 Å². The summed E-state index contributed by atoms with van der Waals surface area (Å²) in [5, 5.41) is 5.45. The lowest BCUT2D eigenvalue weighted by Gasteiger charge is -2.16. The second-order valence-corrected chi connectivity index (χ2v) is 9.21. The monoisotopic (exact) mass is 413 g/mol. The minimum Gasteiger partial charge on any atom is -0.303 e. The molecular formula is C21H23N3O2S2. The van der Waals surface area contributed by atoms with Crippen molar-refractivity contribution in [2.75, 3.05) is 5.32 Å². The zero-order valence-corrected chi connectivity index (χ0v) is 17.7. The number of nitrogens with one attached hydrogen (secondary N) is 1. The highest BCUT2D eigenvalue weighted by atomic mass is 32.1. The number of hydrogen-bond donors (Lipinski definition) is 1. The number of thiazole rings is 2. The molecule has 1 amide bonds. The number of rotatable bonds is 5. The largest absolute Gasteiger partial charge is 0.307 e. The molecule has 0 saturated carbocycles. The first-order chi connectivity index (χ1) is 13.5. The van der Waals surface area contributed by atoms with E-state index >= 15 is 0 Å². The number of carbonyl (C=O) groups excluding carboxylic acids is 1. The van der Waals surface area contributed by atoms with Crippen molar-refractivity contribution >= 4 is 33.7 Å². The topological polar surface area (TPSA) is 64.0 Å². The van der Waals surface area contributed by atoms with Crippen molar-refractivity contribution in [3.05, 3.63) is 54.9 Å². The molecule has 0 radical (unpaired) electrons. The third kappa shape index (κ3) is 3.95. The lowest BCUT2D eigenvalue weighted by molar-refractivity contribution is -0.116. The molecule has 0 bridgehead atoms. The van der Waals surface area contributed by atoms with Gasteiger partial charge in [-0.3, -0.25) is 9.59 Å². The molecule has 2 aromatic heterocycles. The van der Waals surface area contributed by atoms with E-state index in [-0.39, 0.29) is 17.2 Å². The van der Waals surface area contributed by atoms with E-state index < -0.39 is 0 Å². The average Bonchev–Trinajstić information content (AvgIpc) is 3.24. The number of nitrogens with zero attached hydrogens (tertiary/aromatic N) is 2. The molecule has 1 N–H and O–H groups in total. The molecule has 0 fully saturated rings. The summed E-state index contributed by atoms with van der Waals surface area (Å²) in [7, 11) is 0. The highest BCUT2D eigenvalue weighted by Crippen LogP contribution is 2.29. The molecule has 146 valence electrons. The van der Waals surface area contributed by atoms with Gasteiger partial charge in [0.05, 0.1) is 5.69 Å². The molecule has 3 aromatic rings. The maximum absolute atomic E-state index is 12.3. The quantitative estimate of drug-likeness (QED) is 0.667. The number of aryl methyl sites for hydroxylation is 3. The fourth-order valence-corrected chi connectivity index (χ4v) is 5.19. The first-order valence-corrected chi connectivity index (χ1v) is 11.3. The lowest BCUT2D eigenvalue weighted by atomic mass is 9.90. The molecule has 28 heavy (non-hydrogen) atoms. The Morgan fingerprint density at radius 1 is 1.21 bits per heavy atom. The van der Waals surface area contributed by atoms with Crippen LogP contribution in [0.15, 0.2) is 28.4 Å². The molecule has 0 saturated heterocycles. The number of aromatic nitrogens is 2. The third-order valence-electron chi connectivity index (χ3n) is 5.33. The van der Waals surface area contributed by atoms with Gasteiger partial charge in [-0.05, 0) is 56.7 Å². The van der Waals surface area contributed by atoms with Crippen LogP contribution >= 0.6 is 22.7 Å². The smallest absolute Gasteiger partial charge is 0.303 e. The van der Waals surface area contributed by atoms with Gasteiger partial charge in [0.2, 0.25) is 5.91 Å². The molecule has 0 unspecified atom stereocenters. The summed E-state index contributed by atoms with van der Waals surface area (Å²) < 4.78 is 1.67. The minimum atomic E-state index is -0.124. The fourth-order valence-electron chi connectivity index (χ4n) is 3.60. The zero-order chi connectivity index (χ0) is 19.7. The van der Waals surface area contributed by atoms with E-state index in [1.165, 1.54) is 53.1 Å². The summed E-state index contributed by atoms with van der Waals surface area (Å²) in [5.41, 5.74) is 5.82. The van der Waals surface area contributed by atoms with Gasteiger partial charge in [0, 0.05) is 34.5 Å². The van der Waals surface area contributed by atoms with Crippen molar-refractivity contribution in [3.8, 4) is 11.3 Å². The van der Waals surface area contributed by atoms with E-state index in [2.05, 4.69) is 28.5 Å². The molecule has 1 aliphatic carbocycles. The van der Waals surface area contributed by atoms with Crippen molar-refractivity contribution in [1.82, 2.24) is 9.55 Å². The fraction of sp³-hybridized carbons (Fsp3) is 0.381. The molecule has 0 spiro atoms. The molecule has 1 aliphatic rings. The molecule has 1 aromatic carbocycles. The van der Waals surface area contributed by atoms with Gasteiger partial charge in [-0.15, -0.1) is 11.3 Å². The molecular weight excluding hydrogens is 390 g/mol. The highest BCUT2D eigenvalue weighted by molar-refractivity contribution is 7.14. The van der Waals surface area contributed by atoms with E-state index in [1.807, 2.05) is 19.2 Å². The summed E-state index contributed by atoms with van der Waals surface area (Å²) in [4.78, 5) is 29.8. The molecule has 5 nitrogen and oxygen atoms in total. The van der Waals surface area contributed by atoms with Gasteiger partial charge in [0.15, 0.2) is 5.13 Å². The normalized spacial score (nSPS) is 13.4. The van der Waals surface area contributed by atoms with Crippen molar-refractivity contribution in [2.24, 2.45) is 0 Å². The van der Waals surface area contributed by atoms with Crippen molar-refractivity contribution in [2.45, 2.75) is 52.5 Å². The second-order valence-electron chi connectivity index (χ2n) is 7.19. The summed E-state index contributed by atoms with van der Waals surface area (Å²) in [6.45, 7) is 4.23. The predicted molar refractivity (Wildman–Crippen MR) is 115 cm³/mol. The number of benzene rings is 1. The Morgan fingerprint density at radius 3 is 2.75 bits per heavy atom. The summed E-state index contributed by atoms with van der Waals surface area (Å²) in [5.74, 6) is -0.124. The van der Waals surface area contributed by atoms with Gasteiger partial charge < -0.3 is 9.88 Å². The number of hydrogen-bond acceptors (Lipinski definition) is 5. The van der Waals surface area contributed by atoms with Crippen molar-refractivity contribution in [3.63, 3.8) is 0 Å². The van der Waals surface area contributed by atoms with Crippen molar-refractivity contribution in [1.29, 1.82) is 0 Å². The maximum Gasteiger partial charge on any atom is 0.307 e. The summed E-state index contributed by atoms with van der Waals surface area (Å²) in [6.07, 6.45) is 5.08. The summed E-state index contributed by atoms with van der Waals surface area (Å²) >= 11 is 2.66. The Kier molecular flexibility index (Phi) is 5.46. The highest BCUT2D eigenvalue weighted by Gasteiger charge is 2.14. The van der Waals surface area contributed by atoms with E-state index in [1.54, 1.807) is 4.57 Å². The van der Waals surface area contributed by atoms with Crippen LogP contribution in [0, 0.1) is 13.8 Å². The van der Waals surface area contributed by atoms with Gasteiger partial charge in [0.1, 0.15) is 0 Å². The minimum absolute atomic E-state index is 0.00764. The van der Waals surface area contributed by atoms with Crippen LogP contribution in [0.1, 0.15) is 41.0 Å². The van der Waals surface area contributed by atoms with Gasteiger partial charge >= 0.3 is 4.87 Å². The van der Waals surface area contributed by atoms with Crippen molar-refractivity contribution < 1.29 is 4.79 Å². The Labute approximate surface area is 172 Å². The Morgan fingerprint density at radius 2 is 2.00 bits per heavy atom. The summed E-state index contributed by atoms with van der Waals surface area (Å²) in [6, 6.07) is 6.58. The van der Waals surface area contributed by atoms with Crippen LogP contribution in [-0.4, -0.2) is 15.5 Å². The average molecular weight is 414 g/mol. The molecule has 0 atom stereocenters. The first-order valence-electron chi connectivity index (χ1n) is 9.55. The van der Waals surface area contributed by atoms with E-state index in [0.29, 0.717) is 11.7 Å².